The third-order valence-corrected chi connectivity index (χ3v) is 5.53. The maximum absolute atomic E-state index is 5.99. The summed E-state index contributed by atoms with van der Waals surface area (Å²) in [6.07, 6.45) is 6.83. The van der Waals surface area contributed by atoms with Gasteiger partial charge in [0.15, 0.2) is 0 Å². The normalized spacial score (nSPS) is 26.4. The lowest BCUT2D eigenvalue weighted by Gasteiger charge is -2.38. The van der Waals surface area contributed by atoms with Gasteiger partial charge in [0.1, 0.15) is 0 Å². The van der Waals surface area contributed by atoms with Gasteiger partial charge in [-0.1, -0.05) is 19.4 Å². The molecule has 1 atom stereocenters. The summed E-state index contributed by atoms with van der Waals surface area (Å²) in [7, 11) is 2.26. The van der Waals surface area contributed by atoms with Gasteiger partial charge in [-0.25, -0.2) is 0 Å². The number of likely N-dealkylation sites (N-methyl/N-ethyl adjacent to an activating group) is 1. The minimum absolute atomic E-state index is 0.410. The average Bonchev–Trinajstić information content (AvgIpc) is 2.93. The van der Waals surface area contributed by atoms with Crippen molar-refractivity contribution in [1.82, 2.24) is 4.90 Å². The molecule has 1 aliphatic rings. The van der Waals surface area contributed by atoms with Crippen LogP contribution in [0, 0.1) is 5.92 Å². The molecule has 1 aromatic rings. The number of nitrogens with zero attached hydrogens (tertiary/aromatic N) is 1. The van der Waals surface area contributed by atoms with E-state index in [9.17, 15) is 0 Å². The molecular weight excluding hydrogens is 240 g/mol. The lowest BCUT2D eigenvalue weighted by atomic mass is 9.83. The van der Waals surface area contributed by atoms with Crippen molar-refractivity contribution < 1.29 is 0 Å². The van der Waals surface area contributed by atoms with Crippen LogP contribution in [0.15, 0.2) is 17.5 Å². The monoisotopic (exact) mass is 266 g/mol. The smallest absolute Gasteiger partial charge is 0.0564 e. The highest BCUT2D eigenvalue weighted by Crippen LogP contribution is 2.33. The van der Waals surface area contributed by atoms with E-state index in [2.05, 4.69) is 36.4 Å². The zero-order valence-electron chi connectivity index (χ0n) is 11.6. The standard InChI is InChI=1S/C15H26N2S/c1-3-12-6-8-13(9-7-12)17(2)14(11-16)15-5-4-10-18-15/h4-5,10,12-14H,3,6-9,11,16H2,1-2H3. The molecule has 1 unspecified atom stereocenters. The van der Waals surface area contributed by atoms with Crippen LogP contribution in [0.25, 0.3) is 0 Å². The lowest BCUT2D eigenvalue weighted by Crippen LogP contribution is -2.40. The molecule has 1 heterocycles. The average molecular weight is 266 g/mol. The van der Waals surface area contributed by atoms with E-state index in [-0.39, 0.29) is 0 Å². The Bertz CT molecular complexity index is 328. The third-order valence-electron chi connectivity index (χ3n) is 4.56. The molecular formula is C15H26N2S. The van der Waals surface area contributed by atoms with Gasteiger partial charge in [0.05, 0.1) is 6.04 Å². The molecule has 0 saturated heterocycles. The Balaban J connectivity index is 1.96. The Labute approximate surface area is 115 Å². The summed E-state index contributed by atoms with van der Waals surface area (Å²) in [5.41, 5.74) is 5.99. The van der Waals surface area contributed by atoms with Crippen molar-refractivity contribution in [3.05, 3.63) is 22.4 Å². The third kappa shape index (κ3) is 3.14. The fourth-order valence-electron chi connectivity index (χ4n) is 3.18. The van der Waals surface area contributed by atoms with E-state index >= 15 is 0 Å². The Morgan fingerprint density at radius 1 is 1.39 bits per heavy atom. The minimum atomic E-state index is 0.410. The van der Waals surface area contributed by atoms with E-state index in [4.69, 9.17) is 5.73 Å². The summed E-state index contributed by atoms with van der Waals surface area (Å²) in [5.74, 6) is 0.965. The highest BCUT2D eigenvalue weighted by atomic mass is 32.1. The number of thiophene rings is 1. The maximum Gasteiger partial charge on any atom is 0.0564 e. The van der Waals surface area contributed by atoms with Crippen LogP contribution in [0.2, 0.25) is 0 Å². The van der Waals surface area contributed by atoms with Crippen LogP contribution < -0.4 is 5.73 Å². The van der Waals surface area contributed by atoms with Crippen LogP contribution >= 0.6 is 11.3 Å². The number of nitrogens with two attached hydrogens (primary N) is 1. The maximum atomic E-state index is 5.99. The summed E-state index contributed by atoms with van der Waals surface area (Å²) in [5, 5.41) is 2.15. The molecule has 102 valence electrons. The second-order valence-corrected chi connectivity index (χ2v) is 6.49. The zero-order valence-corrected chi connectivity index (χ0v) is 12.5. The molecule has 2 nitrogen and oxygen atoms in total. The molecule has 2 N–H and O–H groups in total. The summed E-state index contributed by atoms with van der Waals surface area (Å²) in [6, 6.07) is 5.48. The van der Waals surface area contributed by atoms with Crippen LogP contribution in [0.1, 0.15) is 49.9 Å². The highest BCUT2D eigenvalue weighted by Gasteiger charge is 2.27. The molecule has 0 radical (unpaired) electrons. The predicted molar refractivity (Wildman–Crippen MR) is 79.9 cm³/mol. The van der Waals surface area contributed by atoms with Crippen LogP contribution in [0.3, 0.4) is 0 Å². The van der Waals surface area contributed by atoms with Crippen LogP contribution in [-0.2, 0) is 0 Å². The second-order valence-electron chi connectivity index (χ2n) is 5.52. The lowest BCUT2D eigenvalue weighted by molar-refractivity contribution is 0.123. The molecule has 0 amide bonds. The summed E-state index contributed by atoms with van der Waals surface area (Å²) < 4.78 is 0. The quantitative estimate of drug-likeness (QED) is 0.881. The van der Waals surface area contributed by atoms with E-state index in [1.807, 2.05) is 11.3 Å². The van der Waals surface area contributed by atoms with Gasteiger partial charge in [-0.3, -0.25) is 4.90 Å². The van der Waals surface area contributed by atoms with Crippen molar-refractivity contribution in [2.45, 2.75) is 51.1 Å². The first-order valence-electron chi connectivity index (χ1n) is 7.21. The largest absolute Gasteiger partial charge is 0.329 e. The fraction of sp³-hybridized carbons (Fsp3) is 0.733. The molecule has 0 aromatic carbocycles. The molecule has 2 rings (SSSR count). The SMILES string of the molecule is CCC1CCC(N(C)C(CN)c2cccs2)CC1. The van der Waals surface area contributed by atoms with Crippen molar-refractivity contribution in [2.24, 2.45) is 11.7 Å². The van der Waals surface area contributed by atoms with E-state index in [0.717, 1.165) is 18.5 Å². The summed E-state index contributed by atoms with van der Waals surface area (Å²) >= 11 is 1.83. The van der Waals surface area contributed by atoms with Crippen LogP contribution in [0.5, 0.6) is 0 Å². The first kappa shape index (κ1) is 14.0. The molecule has 1 fully saturated rings. The van der Waals surface area contributed by atoms with E-state index < -0.39 is 0 Å². The van der Waals surface area contributed by atoms with Gasteiger partial charge < -0.3 is 5.73 Å². The molecule has 18 heavy (non-hydrogen) atoms. The zero-order chi connectivity index (χ0) is 13.0. The topological polar surface area (TPSA) is 29.3 Å². The van der Waals surface area contributed by atoms with Crippen molar-refractivity contribution in [3.8, 4) is 0 Å². The molecule has 1 aromatic heterocycles. The summed E-state index contributed by atoms with van der Waals surface area (Å²) in [6.45, 7) is 3.05. The van der Waals surface area contributed by atoms with Crippen molar-refractivity contribution in [2.75, 3.05) is 13.6 Å². The predicted octanol–water partition coefficient (Wildman–Crippen LogP) is 3.65. The number of hydrogen-bond donors (Lipinski definition) is 1. The van der Waals surface area contributed by atoms with Gasteiger partial charge in [-0.15, -0.1) is 11.3 Å². The van der Waals surface area contributed by atoms with Crippen molar-refractivity contribution in [1.29, 1.82) is 0 Å². The second kappa shape index (κ2) is 6.69. The van der Waals surface area contributed by atoms with Gasteiger partial charge >= 0.3 is 0 Å². The van der Waals surface area contributed by atoms with E-state index in [1.54, 1.807) is 0 Å². The van der Waals surface area contributed by atoms with Gasteiger partial charge in [0.25, 0.3) is 0 Å². The van der Waals surface area contributed by atoms with Gasteiger partial charge in [-0.2, -0.15) is 0 Å². The fourth-order valence-corrected chi connectivity index (χ4v) is 4.07. The van der Waals surface area contributed by atoms with E-state index in [0.29, 0.717) is 6.04 Å². The van der Waals surface area contributed by atoms with Gasteiger partial charge in [0, 0.05) is 17.5 Å². The molecule has 3 heteroatoms. The van der Waals surface area contributed by atoms with Crippen molar-refractivity contribution >= 4 is 11.3 Å². The van der Waals surface area contributed by atoms with Gasteiger partial charge in [-0.05, 0) is 50.1 Å². The highest BCUT2D eigenvalue weighted by molar-refractivity contribution is 7.10. The first-order valence-corrected chi connectivity index (χ1v) is 8.09. The number of rotatable bonds is 5. The Hall–Kier alpha value is -0.380. The van der Waals surface area contributed by atoms with E-state index in [1.165, 1.54) is 37.0 Å². The molecule has 0 spiro atoms. The first-order chi connectivity index (χ1) is 8.76. The Morgan fingerprint density at radius 3 is 2.61 bits per heavy atom. The Morgan fingerprint density at radius 2 is 2.11 bits per heavy atom. The van der Waals surface area contributed by atoms with Gasteiger partial charge in [0.2, 0.25) is 0 Å². The Kier molecular flexibility index (Phi) is 5.22. The number of hydrogen-bond acceptors (Lipinski definition) is 3. The summed E-state index contributed by atoms with van der Waals surface area (Å²) in [4.78, 5) is 3.94. The van der Waals surface area contributed by atoms with Crippen LogP contribution in [-0.4, -0.2) is 24.5 Å². The molecule has 0 bridgehead atoms. The minimum Gasteiger partial charge on any atom is -0.329 e. The van der Waals surface area contributed by atoms with Crippen molar-refractivity contribution in [3.63, 3.8) is 0 Å². The molecule has 1 saturated carbocycles. The van der Waals surface area contributed by atoms with Crippen LogP contribution in [0.4, 0.5) is 0 Å². The molecule has 0 aliphatic heterocycles. The molecule has 1 aliphatic carbocycles.